The lowest BCUT2D eigenvalue weighted by molar-refractivity contribution is 0.597. The second kappa shape index (κ2) is 33.6. The van der Waals surface area contributed by atoms with Gasteiger partial charge in [-0.15, -0.1) is 0 Å². The number of nitrogens with zero attached hydrogens (tertiary/aromatic N) is 22. The monoisotopic (exact) mass is 1820 g/mol. The number of pyridine rings is 8. The number of hydrogen-bond donors (Lipinski definition) is 0. The van der Waals surface area contributed by atoms with Crippen LogP contribution in [0, 0.1) is 69.2 Å². The van der Waals surface area contributed by atoms with E-state index >= 15 is 0 Å². The summed E-state index contributed by atoms with van der Waals surface area (Å²) in [5.74, 6) is 4.37. The number of fused-ring (bicyclic) bond motifs is 20. The molecule has 27 heteroatoms. The molecule has 5 aliphatic rings. The van der Waals surface area contributed by atoms with E-state index in [-0.39, 0.29) is 18.5 Å². The maximum atomic E-state index is 8.70. The van der Waals surface area contributed by atoms with Crippen molar-refractivity contribution in [3.8, 4) is 0 Å². The molecule has 5 atom stereocenters. The standard InChI is InChI=1S/2C23H24N4O.C22H23N5O.C21H20N4O.C20H19N5O/c2*1-13(2)26-16(5)27(19-7-6-12-24-22(19)26)20-14(3)8-10-17-18-11-9-15(4)25-23(18)28-21(17)20;1-12(2)26-15(5)27(21-20(26)23-10-11-24-21)18-13(3)6-8-16-17-9-7-14(4)25-22(17)28-19(16)18;1-12-7-9-15-16-10-8-13(2)23-21(16)26-19(15)18(12)25-14(3)24(4)20-17(25)6-5-11-22-20;1-11-5-7-14-15-8-6-12(2)23-20(15)26-17(14)16(11)25-13(3)24(4)18-19(25)22-10-9-21-18/h2*6-13,16H,1-5H3;6-12,15H,1-5H3;5-11,14H,1-4H3;5-10,13H,1-4H3/i2*13D;12D;2*4D3. The molecule has 5 aromatic carbocycles. The Hall–Kier alpha value is -15.5. The van der Waals surface area contributed by atoms with Crippen LogP contribution < -0.4 is 49.0 Å². The van der Waals surface area contributed by atoms with Crippen molar-refractivity contribution < 1.29 is 34.4 Å². The van der Waals surface area contributed by atoms with E-state index in [1.807, 2.05) is 219 Å². The molecule has 0 saturated carbocycles. The molecule has 20 aromatic rings. The highest BCUT2D eigenvalue weighted by Gasteiger charge is 2.44. The molecule has 0 radical (unpaired) electrons. The summed E-state index contributed by atoms with van der Waals surface area (Å²) < 4.78 is 105. The first-order valence-electron chi connectivity index (χ1n) is 50.2. The van der Waals surface area contributed by atoms with E-state index in [2.05, 4.69) is 183 Å². The molecule has 27 nitrogen and oxygen atoms in total. The van der Waals surface area contributed by atoms with Gasteiger partial charge in [-0.05, 0) is 270 Å². The van der Waals surface area contributed by atoms with Crippen molar-refractivity contribution in [2.75, 3.05) is 63.0 Å². The minimum atomic E-state index is -2.35. The zero-order valence-corrected chi connectivity index (χ0v) is 79.8. The molecule has 15 aromatic heterocycles. The van der Waals surface area contributed by atoms with Crippen molar-refractivity contribution >= 4 is 197 Å². The molecule has 20 heterocycles. The number of rotatable bonds is 8. The highest BCUT2D eigenvalue weighted by Crippen LogP contribution is 2.55. The van der Waals surface area contributed by atoms with E-state index in [0.717, 1.165) is 190 Å². The van der Waals surface area contributed by atoms with Crippen molar-refractivity contribution in [3.63, 3.8) is 0 Å². The Labute approximate surface area is 801 Å². The van der Waals surface area contributed by atoms with Gasteiger partial charge in [0.15, 0.2) is 68.6 Å². The molecule has 0 amide bonds. The highest BCUT2D eigenvalue weighted by molar-refractivity contribution is 6.15. The number of aryl methyl sites for hydroxylation is 10. The first-order chi connectivity index (χ1) is 68.8. The Morgan fingerprint density at radius 1 is 0.250 bits per heavy atom. The smallest absolute Gasteiger partial charge is 0.227 e. The van der Waals surface area contributed by atoms with Gasteiger partial charge in [0.2, 0.25) is 28.6 Å². The Morgan fingerprint density at radius 2 is 0.478 bits per heavy atom. The maximum Gasteiger partial charge on any atom is 0.227 e. The number of aromatic nitrogens is 12. The fourth-order valence-corrected chi connectivity index (χ4v) is 20.3. The molecule has 686 valence electrons. The molecular weight excluding hydrogens is 1700 g/mol. The summed E-state index contributed by atoms with van der Waals surface area (Å²) in [6, 6.07) is 50.1. The fourth-order valence-electron chi connectivity index (χ4n) is 20.3. The second-order valence-electron chi connectivity index (χ2n) is 36.2. The maximum absolute atomic E-state index is 8.70. The van der Waals surface area contributed by atoms with Crippen molar-refractivity contribution in [2.24, 2.45) is 0 Å². The molecule has 136 heavy (non-hydrogen) atoms. The molecule has 5 aliphatic heterocycles. The third-order valence-electron chi connectivity index (χ3n) is 26.5. The summed E-state index contributed by atoms with van der Waals surface area (Å²) in [4.78, 5) is 73.7. The van der Waals surface area contributed by atoms with Crippen molar-refractivity contribution in [2.45, 2.75) is 194 Å². The first-order valence-corrected chi connectivity index (χ1v) is 45.7. The van der Waals surface area contributed by atoms with Crippen LogP contribution in [0.15, 0.2) is 223 Å². The van der Waals surface area contributed by atoms with E-state index in [9.17, 15) is 0 Å². The molecular formula is C109H110N22O5. The van der Waals surface area contributed by atoms with E-state index in [1.54, 1.807) is 37.2 Å². The molecule has 0 saturated heterocycles. The van der Waals surface area contributed by atoms with Crippen molar-refractivity contribution in [1.29, 1.82) is 0 Å². The average Bonchev–Trinajstić information content (AvgIpc) is 1.58. The summed E-state index contributed by atoms with van der Waals surface area (Å²) in [6.07, 6.45) is 10.3. The molecule has 5 unspecified atom stereocenters. The Balaban J connectivity index is 0.000000107. The summed E-state index contributed by atoms with van der Waals surface area (Å²) in [5, 5.41) is 9.90. The van der Waals surface area contributed by atoms with E-state index < -0.39 is 44.3 Å². The molecule has 0 N–H and O–H groups in total. The SMILES string of the molecule is [2H]C(C)(C)N1c2ncccc2N(c2c(C)ccc3c2oc2nc(C)ccc23)C1C.[2H]C(C)(C)N1c2ncccc2N(c2c(C)ccc3c2oc2nc(C)ccc23)C1C.[2H]C(C)(C)N1c2nccnc2N(c2c(C)ccc3c2oc2nc(C)ccc23)C1C.[2H]C([2H])([2H])N1c2ncccc2N(c2c(C)ccc3c2oc2nc(C)ccc23)C1C.[2H]C([2H])([2H])N1c2nccnc2N(c2c(C)ccc3c2oc2nc(C)ccc23)C1C. The lowest BCUT2D eigenvalue weighted by Crippen LogP contribution is -2.42. The first kappa shape index (κ1) is 77.0. The molecule has 0 spiro atoms. The predicted molar refractivity (Wildman–Crippen MR) is 549 cm³/mol. The highest BCUT2D eigenvalue weighted by atomic mass is 16.4. The number of hydrogen-bond acceptors (Lipinski definition) is 27. The Bertz CT molecular complexity index is 7450. The van der Waals surface area contributed by atoms with Crippen LogP contribution in [-0.4, -0.2) is 123 Å². The predicted octanol–water partition coefficient (Wildman–Crippen LogP) is 25.8. The normalized spacial score (nSPS) is 18.0. The van der Waals surface area contributed by atoms with Crippen molar-refractivity contribution in [3.05, 3.63) is 257 Å². The Morgan fingerprint density at radius 3 is 0.794 bits per heavy atom. The van der Waals surface area contributed by atoms with Crippen LogP contribution in [0.1, 0.15) is 145 Å². The number of furan rings is 5. The van der Waals surface area contributed by atoms with Gasteiger partial charge < -0.3 is 61.3 Å². The quantitative estimate of drug-likeness (QED) is 0.137. The van der Waals surface area contributed by atoms with E-state index in [4.69, 9.17) is 34.4 Å². The number of anilines is 15. The lowest BCUT2D eigenvalue weighted by atomic mass is 10.1. The topological polar surface area (TPSA) is 253 Å². The zero-order chi connectivity index (χ0) is 102. The van der Waals surface area contributed by atoms with Gasteiger partial charge in [0, 0.05) is 166 Å². The van der Waals surface area contributed by atoms with Crippen molar-refractivity contribution in [1.82, 2.24) is 59.8 Å². The van der Waals surface area contributed by atoms with Gasteiger partial charge in [-0.2, -0.15) is 0 Å². The largest absolute Gasteiger partial charge is 0.435 e. The molecule has 0 fully saturated rings. The van der Waals surface area contributed by atoms with Crippen LogP contribution in [0.2, 0.25) is 0 Å². The van der Waals surface area contributed by atoms with Gasteiger partial charge in [0.1, 0.15) is 30.8 Å². The van der Waals surface area contributed by atoms with Crippen LogP contribution >= 0.6 is 0 Å². The minimum absolute atomic E-state index is 0.0837. The Kier molecular flexibility index (Phi) is 19.0. The van der Waals surface area contributed by atoms with Gasteiger partial charge in [0.25, 0.3) is 0 Å². The summed E-state index contributed by atoms with van der Waals surface area (Å²) >= 11 is 0. The molecule has 0 bridgehead atoms. The van der Waals surface area contributed by atoms with Crippen LogP contribution in [0.4, 0.5) is 86.2 Å². The van der Waals surface area contributed by atoms with Gasteiger partial charge in [0.05, 0.1) is 49.6 Å². The summed E-state index contributed by atoms with van der Waals surface area (Å²) in [7, 11) is 0. The minimum Gasteiger partial charge on any atom is -0.435 e. The fraction of sp³-hybridized carbons (Fsp3) is 0.284. The number of benzene rings is 5. The van der Waals surface area contributed by atoms with Crippen LogP contribution in [0.25, 0.3) is 110 Å². The van der Waals surface area contributed by atoms with Gasteiger partial charge >= 0.3 is 0 Å². The zero-order valence-electron chi connectivity index (χ0n) is 88.8. The molecule has 0 aliphatic carbocycles. The van der Waals surface area contributed by atoms with Crippen LogP contribution in [0.3, 0.4) is 0 Å². The van der Waals surface area contributed by atoms with Gasteiger partial charge in [-0.1, -0.05) is 60.7 Å². The third-order valence-corrected chi connectivity index (χ3v) is 26.5. The van der Waals surface area contributed by atoms with E-state index in [0.29, 0.717) is 63.0 Å². The average molecular weight is 1820 g/mol. The summed E-state index contributed by atoms with van der Waals surface area (Å²) in [6.45, 7) is 36.6. The van der Waals surface area contributed by atoms with Gasteiger partial charge in [-0.25, -0.2) is 59.8 Å². The lowest BCUT2D eigenvalue weighted by Gasteiger charge is -2.33. The van der Waals surface area contributed by atoms with Crippen LogP contribution in [0.5, 0.6) is 0 Å². The molecule has 25 rings (SSSR count). The second-order valence-corrected chi connectivity index (χ2v) is 36.2. The summed E-state index contributed by atoms with van der Waals surface area (Å²) in [5.41, 5.74) is 23.9. The third kappa shape index (κ3) is 14.0. The van der Waals surface area contributed by atoms with Crippen LogP contribution in [-0.2, 0) is 0 Å². The van der Waals surface area contributed by atoms with E-state index in [1.165, 1.54) is 16.0 Å². The van der Waals surface area contributed by atoms with Gasteiger partial charge in [-0.3, -0.25) is 9.80 Å².